The second-order valence-corrected chi connectivity index (χ2v) is 5.33. The van der Waals surface area contributed by atoms with Gasteiger partial charge >= 0.3 is 0 Å². The normalized spacial score (nSPS) is 10.4. The molecular formula is C17H18FN3O2. The van der Waals surface area contributed by atoms with E-state index in [4.69, 9.17) is 0 Å². The minimum Gasteiger partial charge on any atom is -0.350 e. The van der Waals surface area contributed by atoms with Crippen molar-refractivity contribution in [2.45, 2.75) is 26.4 Å². The molecule has 1 heterocycles. The predicted molar refractivity (Wildman–Crippen MR) is 84.4 cm³/mol. The van der Waals surface area contributed by atoms with E-state index in [0.717, 1.165) is 0 Å². The highest BCUT2D eigenvalue weighted by Crippen LogP contribution is 2.07. The summed E-state index contributed by atoms with van der Waals surface area (Å²) >= 11 is 0. The SMILES string of the molecule is CC(C)NC(=O)c1ccnc(C(=O)NCc2ccccc2F)c1. The van der Waals surface area contributed by atoms with Crippen LogP contribution in [0, 0.1) is 5.82 Å². The molecule has 0 radical (unpaired) electrons. The molecule has 5 nitrogen and oxygen atoms in total. The number of halogens is 1. The lowest BCUT2D eigenvalue weighted by molar-refractivity contribution is 0.0943. The lowest BCUT2D eigenvalue weighted by atomic mass is 10.2. The van der Waals surface area contributed by atoms with Gasteiger partial charge in [0.2, 0.25) is 0 Å². The summed E-state index contributed by atoms with van der Waals surface area (Å²) in [6.07, 6.45) is 1.40. The quantitative estimate of drug-likeness (QED) is 0.889. The second-order valence-electron chi connectivity index (χ2n) is 5.33. The van der Waals surface area contributed by atoms with Gasteiger partial charge < -0.3 is 10.6 Å². The van der Waals surface area contributed by atoms with E-state index >= 15 is 0 Å². The van der Waals surface area contributed by atoms with Crippen LogP contribution in [0.15, 0.2) is 42.6 Å². The number of aromatic nitrogens is 1. The third kappa shape index (κ3) is 4.60. The number of carbonyl (C=O) groups is 2. The maximum Gasteiger partial charge on any atom is 0.270 e. The van der Waals surface area contributed by atoms with Crippen molar-refractivity contribution in [3.63, 3.8) is 0 Å². The van der Waals surface area contributed by atoms with Gasteiger partial charge in [-0.1, -0.05) is 18.2 Å². The topological polar surface area (TPSA) is 71.1 Å². The molecule has 0 saturated heterocycles. The van der Waals surface area contributed by atoms with E-state index in [1.807, 2.05) is 13.8 Å². The Kier molecular flexibility index (Phi) is 5.41. The highest BCUT2D eigenvalue weighted by atomic mass is 19.1. The van der Waals surface area contributed by atoms with Crippen LogP contribution in [0.25, 0.3) is 0 Å². The zero-order chi connectivity index (χ0) is 16.8. The van der Waals surface area contributed by atoms with Crippen molar-refractivity contribution in [1.82, 2.24) is 15.6 Å². The fraction of sp³-hybridized carbons (Fsp3) is 0.235. The molecule has 2 rings (SSSR count). The first-order valence-corrected chi connectivity index (χ1v) is 7.26. The predicted octanol–water partition coefficient (Wildman–Crippen LogP) is 2.29. The minimum atomic E-state index is -0.465. The minimum absolute atomic E-state index is 0.00556. The molecule has 0 aliphatic heterocycles. The summed E-state index contributed by atoms with van der Waals surface area (Å²) in [5.41, 5.74) is 0.844. The molecule has 0 aliphatic carbocycles. The van der Waals surface area contributed by atoms with Crippen LogP contribution in [0.5, 0.6) is 0 Å². The van der Waals surface area contributed by atoms with E-state index in [2.05, 4.69) is 15.6 Å². The van der Waals surface area contributed by atoms with Crippen LogP contribution in [-0.2, 0) is 6.54 Å². The molecule has 0 spiro atoms. The first-order valence-electron chi connectivity index (χ1n) is 7.26. The first kappa shape index (κ1) is 16.6. The van der Waals surface area contributed by atoms with Crippen molar-refractivity contribution in [1.29, 1.82) is 0 Å². The number of hydrogen-bond donors (Lipinski definition) is 2. The van der Waals surface area contributed by atoms with Crippen LogP contribution in [-0.4, -0.2) is 22.8 Å². The molecule has 2 N–H and O–H groups in total. The summed E-state index contributed by atoms with van der Waals surface area (Å²) in [5.74, 6) is -1.12. The van der Waals surface area contributed by atoms with Crippen LogP contribution < -0.4 is 10.6 Å². The molecule has 0 unspecified atom stereocenters. The van der Waals surface area contributed by atoms with Crippen molar-refractivity contribution >= 4 is 11.8 Å². The Bertz CT molecular complexity index is 716. The maximum atomic E-state index is 13.5. The average Bonchev–Trinajstić information content (AvgIpc) is 2.53. The third-order valence-corrected chi connectivity index (χ3v) is 3.07. The molecule has 2 amide bonds. The number of benzene rings is 1. The maximum absolute atomic E-state index is 13.5. The molecule has 1 aromatic carbocycles. The van der Waals surface area contributed by atoms with Gasteiger partial charge in [0.25, 0.3) is 11.8 Å². The molecule has 2 aromatic rings. The molecule has 1 aromatic heterocycles. The summed E-state index contributed by atoms with van der Waals surface area (Å²) in [5, 5.41) is 5.33. The van der Waals surface area contributed by atoms with Crippen LogP contribution in [0.2, 0.25) is 0 Å². The molecule has 120 valence electrons. The summed E-state index contributed by atoms with van der Waals surface area (Å²) in [7, 11) is 0. The summed E-state index contributed by atoms with van der Waals surface area (Å²) in [6.45, 7) is 3.75. The van der Waals surface area contributed by atoms with Crippen molar-refractivity contribution in [2.75, 3.05) is 0 Å². The Morgan fingerprint density at radius 2 is 1.91 bits per heavy atom. The van der Waals surface area contributed by atoms with Gasteiger partial charge in [-0.15, -0.1) is 0 Å². The number of carbonyl (C=O) groups excluding carboxylic acids is 2. The second kappa shape index (κ2) is 7.49. The van der Waals surface area contributed by atoms with Gasteiger partial charge in [-0.05, 0) is 32.0 Å². The monoisotopic (exact) mass is 315 g/mol. The van der Waals surface area contributed by atoms with E-state index in [1.54, 1.807) is 18.2 Å². The fourth-order valence-corrected chi connectivity index (χ4v) is 1.95. The first-order chi connectivity index (χ1) is 11.0. The summed E-state index contributed by atoms with van der Waals surface area (Å²) < 4.78 is 13.5. The van der Waals surface area contributed by atoms with Gasteiger partial charge in [0, 0.05) is 29.9 Å². The van der Waals surface area contributed by atoms with Crippen molar-refractivity contribution in [3.8, 4) is 0 Å². The largest absolute Gasteiger partial charge is 0.350 e. The zero-order valence-electron chi connectivity index (χ0n) is 13.0. The number of nitrogens with zero attached hydrogens (tertiary/aromatic N) is 1. The van der Waals surface area contributed by atoms with Crippen molar-refractivity contribution < 1.29 is 14.0 Å². The summed E-state index contributed by atoms with van der Waals surface area (Å²) in [4.78, 5) is 28.0. The van der Waals surface area contributed by atoms with E-state index in [9.17, 15) is 14.0 Å². The Morgan fingerprint density at radius 3 is 2.61 bits per heavy atom. The Morgan fingerprint density at radius 1 is 1.17 bits per heavy atom. The highest BCUT2D eigenvalue weighted by molar-refractivity contribution is 5.98. The molecule has 0 aliphatic rings. The van der Waals surface area contributed by atoms with E-state index < -0.39 is 5.91 Å². The standard InChI is InChI=1S/C17H18FN3O2/c1-11(2)21-16(22)12-7-8-19-15(9-12)17(23)20-10-13-5-3-4-6-14(13)18/h3-9,11H,10H2,1-2H3,(H,20,23)(H,21,22). The fourth-order valence-electron chi connectivity index (χ4n) is 1.95. The van der Waals surface area contributed by atoms with Crippen LogP contribution in [0.4, 0.5) is 4.39 Å². The van der Waals surface area contributed by atoms with Gasteiger partial charge in [0.05, 0.1) is 0 Å². The average molecular weight is 315 g/mol. The molecule has 0 fully saturated rings. The lowest BCUT2D eigenvalue weighted by Crippen LogP contribution is -2.30. The number of hydrogen-bond acceptors (Lipinski definition) is 3. The van der Waals surface area contributed by atoms with Gasteiger partial charge in [-0.2, -0.15) is 0 Å². The third-order valence-electron chi connectivity index (χ3n) is 3.07. The van der Waals surface area contributed by atoms with Crippen LogP contribution in [0.1, 0.15) is 40.3 Å². The van der Waals surface area contributed by atoms with Crippen LogP contribution >= 0.6 is 0 Å². The number of amides is 2. The zero-order valence-corrected chi connectivity index (χ0v) is 13.0. The molecular weight excluding hydrogens is 297 g/mol. The van der Waals surface area contributed by atoms with Gasteiger partial charge in [0.1, 0.15) is 11.5 Å². The van der Waals surface area contributed by atoms with Crippen molar-refractivity contribution in [2.24, 2.45) is 0 Å². The summed E-state index contributed by atoms with van der Waals surface area (Å²) in [6, 6.07) is 9.14. The van der Waals surface area contributed by atoms with Gasteiger partial charge in [0.15, 0.2) is 0 Å². The van der Waals surface area contributed by atoms with Gasteiger partial charge in [-0.25, -0.2) is 4.39 Å². The van der Waals surface area contributed by atoms with Crippen molar-refractivity contribution in [3.05, 3.63) is 65.2 Å². The Balaban J connectivity index is 2.05. The van der Waals surface area contributed by atoms with E-state index in [-0.39, 0.29) is 30.0 Å². The molecule has 0 saturated carbocycles. The molecule has 23 heavy (non-hydrogen) atoms. The van der Waals surface area contributed by atoms with E-state index in [0.29, 0.717) is 11.1 Å². The molecule has 0 bridgehead atoms. The smallest absolute Gasteiger partial charge is 0.270 e. The Labute approximate surface area is 133 Å². The highest BCUT2D eigenvalue weighted by Gasteiger charge is 2.13. The number of rotatable bonds is 5. The number of nitrogens with one attached hydrogen (secondary N) is 2. The van der Waals surface area contributed by atoms with Crippen LogP contribution in [0.3, 0.4) is 0 Å². The molecule has 6 heteroatoms. The van der Waals surface area contributed by atoms with Gasteiger partial charge in [-0.3, -0.25) is 14.6 Å². The van der Waals surface area contributed by atoms with E-state index in [1.165, 1.54) is 24.4 Å². The Hall–Kier alpha value is -2.76. The number of pyridine rings is 1. The lowest BCUT2D eigenvalue weighted by Gasteiger charge is -2.09. The molecule has 0 atom stereocenters.